The second-order valence-electron chi connectivity index (χ2n) is 5.00. The fourth-order valence-corrected chi connectivity index (χ4v) is 1.85. The Balaban J connectivity index is 1.70. The molecule has 17 heavy (non-hydrogen) atoms. The van der Waals surface area contributed by atoms with E-state index in [0.717, 1.165) is 17.9 Å². The van der Waals surface area contributed by atoms with Gasteiger partial charge in [0.05, 0.1) is 11.4 Å². The highest BCUT2D eigenvalue weighted by Crippen LogP contribution is 2.34. The number of para-hydroxylation sites is 1. The lowest BCUT2D eigenvalue weighted by atomic mass is 10.3. The molecule has 1 aromatic heterocycles. The molecule has 1 N–H and O–H groups in total. The Kier molecular flexibility index (Phi) is 2.48. The molecule has 1 aliphatic rings. The number of hydrogen-bond acceptors (Lipinski definition) is 2. The number of hydrogen-bond donors (Lipinski definition) is 1. The minimum Gasteiger partial charge on any atom is -0.306 e. The molecule has 0 bridgehead atoms. The first kappa shape index (κ1) is 10.5. The summed E-state index contributed by atoms with van der Waals surface area (Å²) >= 11 is 0. The molecule has 0 atom stereocenters. The average Bonchev–Trinajstić information content (AvgIpc) is 2.93. The van der Waals surface area contributed by atoms with Crippen LogP contribution in [0, 0.1) is 0 Å². The molecule has 1 aliphatic carbocycles. The van der Waals surface area contributed by atoms with Gasteiger partial charge in [0.25, 0.3) is 0 Å². The van der Waals surface area contributed by atoms with Gasteiger partial charge in [0.1, 0.15) is 0 Å². The van der Waals surface area contributed by atoms with Crippen molar-refractivity contribution in [2.24, 2.45) is 0 Å². The molecule has 3 rings (SSSR count). The summed E-state index contributed by atoms with van der Waals surface area (Å²) in [6, 6.07) is 12.3. The summed E-state index contributed by atoms with van der Waals surface area (Å²) in [6.07, 6.45) is 4.58. The van der Waals surface area contributed by atoms with Gasteiger partial charge >= 0.3 is 0 Å². The second kappa shape index (κ2) is 4.00. The third-order valence-corrected chi connectivity index (χ3v) is 3.36. The van der Waals surface area contributed by atoms with E-state index >= 15 is 0 Å². The zero-order chi connectivity index (χ0) is 11.7. The van der Waals surface area contributed by atoms with Gasteiger partial charge in [-0.25, -0.2) is 4.68 Å². The summed E-state index contributed by atoms with van der Waals surface area (Å²) < 4.78 is 1.92. The van der Waals surface area contributed by atoms with Crippen LogP contribution in [0.1, 0.15) is 25.5 Å². The van der Waals surface area contributed by atoms with Gasteiger partial charge in [0.15, 0.2) is 0 Å². The summed E-state index contributed by atoms with van der Waals surface area (Å²) in [5.74, 6) is 0. The third-order valence-electron chi connectivity index (χ3n) is 3.36. The Bertz CT molecular complexity index is 497. The van der Waals surface area contributed by atoms with Crippen LogP contribution < -0.4 is 5.32 Å². The fourth-order valence-electron chi connectivity index (χ4n) is 1.85. The molecule has 0 radical (unpaired) electrons. The van der Waals surface area contributed by atoms with E-state index in [-0.39, 0.29) is 0 Å². The largest absolute Gasteiger partial charge is 0.306 e. The van der Waals surface area contributed by atoms with Gasteiger partial charge in [-0.1, -0.05) is 18.2 Å². The third kappa shape index (κ3) is 2.39. The summed E-state index contributed by atoms with van der Waals surface area (Å²) in [7, 11) is 0. The maximum Gasteiger partial charge on any atom is 0.0767 e. The van der Waals surface area contributed by atoms with Crippen molar-refractivity contribution in [1.29, 1.82) is 0 Å². The van der Waals surface area contributed by atoms with E-state index in [9.17, 15) is 0 Å². The molecule has 3 heteroatoms. The molecular weight excluding hydrogens is 210 g/mol. The lowest BCUT2D eigenvalue weighted by molar-refractivity contribution is 0.530. The van der Waals surface area contributed by atoms with Crippen molar-refractivity contribution in [3.63, 3.8) is 0 Å². The summed E-state index contributed by atoms with van der Waals surface area (Å²) in [5, 5.41) is 8.10. The number of rotatable bonds is 4. The van der Waals surface area contributed by atoms with Crippen molar-refractivity contribution in [2.45, 2.75) is 31.8 Å². The van der Waals surface area contributed by atoms with Crippen LogP contribution in [0.2, 0.25) is 0 Å². The van der Waals surface area contributed by atoms with Crippen molar-refractivity contribution in [1.82, 2.24) is 15.1 Å². The Morgan fingerprint density at radius 2 is 2.00 bits per heavy atom. The van der Waals surface area contributed by atoms with Gasteiger partial charge < -0.3 is 5.32 Å². The Labute approximate surface area is 101 Å². The van der Waals surface area contributed by atoms with Crippen LogP contribution in [0.3, 0.4) is 0 Å². The molecule has 0 amide bonds. The smallest absolute Gasteiger partial charge is 0.0767 e. The van der Waals surface area contributed by atoms with Crippen molar-refractivity contribution < 1.29 is 0 Å². The minimum atomic E-state index is 0.372. The topological polar surface area (TPSA) is 29.9 Å². The number of aromatic nitrogens is 2. The van der Waals surface area contributed by atoms with E-state index in [2.05, 4.69) is 35.5 Å². The minimum absolute atomic E-state index is 0.372. The zero-order valence-corrected chi connectivity index (χ0v) is 10.1. The quantitative estimate of drug-likeness (QED) is 0.869. The monoisotopic (exact) mass is 227 g/mol. The van der Waals surface area contributed by atoms with E-state index in [1.807, 2.05) is 29.1 Å². The predicted octanol–water partition coefficient (Wildman–Crippen LogP) is 2.51. The van der Waals surface area contributed by atoms with Crippen molar-refractivity contribution in [3.8, 4) is 5.69 Å². The van der Waals surface area contributed by atoms with Crippen molar-refractivity contribution in [2.75, 3.05) is 0 Å². The number of benzene rings is 1. The molecule has 1 aromatic carbocycles. The molecule has 0 aliphatic heterocycles. The average molecular weight is 227 g/mol. The highest BCUT2D eigenvalue weighted by molar-refractivity contribution is 5.30. The van der Waals surface area contributed by atoms with E-state index in [1.165, 1.54) is 12.8 Å². The fraction of sp³-hybridized carbons (Fsp3) is 0.357. The molecular formula is C14H17N3. The van der Waals surface area contributed by atoms with Gasteiger partial charge in [0.2, 0.25) is 0 Å². The lowest BCUT2D eigenvalue weighted by Gasteiger charge is -2.08. The molecule has 1 saturated carbocycles. The van der Waals surface area contributed by atoms with Crippen LogP contribution in [-0.2, 0) is 6.54 Å². The maximum absolute atomic E-state index is 4.57. The van der Waals surface area contributed by atoms with Crippen LogP contribution in [0.4, 0.5) is 0 Å². The van der Waals surface area contributed by atoms with Crippen LogP contribution in [0.15, 0.2) is 42.6 Å². The van der Waals surface area contributed by atoms with Crippen LogP contribution in [0.5, 0.6) is 0 Å². The van der Waals surface area contributed by atoms with E-state index in [0.29, 0.717) is 5.54 Å². The van der Waals surface area contributed by atoms with Crippen molar-refractivity contribution >= 4 is 0 Å². The SMILES string of the molecule is CC1(NCc2ccn(-c3ccccc3)n2)CC1. The molecule has 88 valence electrons. The second-order valence-corrected chi connectivity index (χ2v) is 5.00. The van der Waals surface area contributed by atoms with Crippen LogP contribution >= 0.6 is 0 Å². The highest BCUT2D eigenvalue weighted by Gasteiger charge is 2.36. The van der Waals surface area contributed by atoms with E-state index < -0.39 is 0 Å². The molecule has 2 aromatic rings. The van der Waals surface area contributed by atoms with Gasteiger partial charge in [-0.05, 0) is 38.0 Å². The first-order chi connectivity index (χ1) is 8.25. The lowest BCUT2D eigenvalue weighted by Crippen LogP contribution is -2.27. The Morgan fingerprint density at radius 1 is 1.24 bits per heavy atom. The first-order valence-electron chi connectivity index (χ1n) is 6.10. The molecule has 1 heterocycles. The van der Waals surface area contributed by atoms with Crippen molar-refractivity contribution in [3.05, 3.63) is 48.3 Å². The zero-order valence-electron chi connectivity index (χ0n) is 10.1. The summed E-state index contributed by atoms with van der Waals surface area (Å²) in [6.45, 7) is 3.12. The highest BCUT2D eigenvalue weighted by atomic mass is 15.3. The molecule has 0 saturated heterocycles. The summed E-state index contributed by atoms with van der Waals surface area (Å²) in [5.41, 5.74) is 2.58. The summed E-state index contributed by atoms with van der Waals surface area (Å²) in [4.78, 5) is 0. The van der Waals surface area contributed by atoms with Gasteiger partial charge in [-0.3, -0.25) is 0 Å². The molecule has 1 fully saturated rings. The van der Waals surface area contributed by atoms with E-state index in [1.54, 1.807) is 0 Å². The molecule has 3 nitrogen and oxygen atoms in total. The standard InChI is InChI=1S/C14H17N3/c1-14(8-9-14)15-11-12-7-10-17(16-12)13-5-3-2-4-6-13/h2-7,10,15H,8-9,11H2,1H3. The number of nitrogens with one attached hydrogen (secondary N) is 1. The van der Waals surface area contributed by atoms with E-state index in [4.69, 9.17) is 0 Å². The normalized spacial score (nSPS) is 17.0. The van der Waals surface area contributed by atoms with Gasteiger partial charge in [0, 0.05) is 18.3 Å². The Morgan fingerprint density at radius 3 is 2.71 bits per heavy atom. The Hall–Kier alpha value is -1.61. The first-order valence-corrected chi connectivity index (χ1v) is 6.10. The van der Waals surface area contributed by atoms with Gasteiger partial charge in [-0.2, -0.15) is 5.10 Å². The number of nitrogens with zero attached hydrogens (tertiary/aromatic N) is 2. The molecule has 0 unspecified atom stereocenters. The molecule has 0 spiro atoms. The predicted molar refractivity (Wildman–Crippen MR) is 68.0 cm³/mol. The maximum atomic E-state index is 4.57. The van der Waals surface area contributed by atoms with Gasteiger partial charge in [-0.15, -0.1) is 0 Å². The van der Waals surface area contributed by atoms with Crippen LogP contribution in [0.25, 0.3) is 5.69 Å². The van der Waals surface area contributed by atoms with Crippen LogP contribution in [-0.4, -0.2) is 15.3 Å².